The predicted molar refractivity (Wildman–Crippen MR) is 108 cm³/mol. The molecule has 1 aromatic rings. The van der Waals surface area contributed by atoms with E-state index < -0.39 is 0 Å². The van der Waals surface area contributed by atoms with E-state index in [0.717, 1.165) is 12.8 Å². The summed E-state index contributed by atoms with van der Waals surface area (Å²) in [6.07, 6.45) is 1.58. The second kappa shape index (κ2) is 10.9. The van der Waals surface area contributed by atoms with Gasteiger partial charge in [0.15, 0.2) is 0 Å². The van der Waals surface area contributed by atoms with Gasteiger partial charge in [0.25, 0.3) is 5.91 Å². The van der Waals surface area contributed by atoms with E-state index in [2.05, 4.69) is 10.6 Å². The number of nitrogens with two attached hydrogens (primary N) is 1. The lowest BCUT2D eigenvalue weighted by molar-refractivity contribution is -0.126. The predicted octanol–water partition coefficient (Wildman–Crippen LogP) is 1.63. The molecule has 1 unspecified atom stereocenters. The van der Waals surface area contributed by atoms with Crippen LogP contribution in [0.2, 0.25) is 0 Å². The van der Waals surface area contributed by atoms with Crippen LogP contribution in [-0.2, 0) is 9.59 Å². The highest BCUT2D eigenvalue weighted by Gasteiger charge is 2.28. The van der Waals surface area contributed by atoms with Crippen LogP contribution in [0.15, 0.2) is 24.3 Å². The average molecular weight is 397 g/mol. The van der Waals surface area contributed by atoms with Gasteiger partial charge >= 0.3 is 0 Å². The Morgan fingerprint density at radius 2 is 1.89 bits per heavy atom. The Balaban J connectivity index is 0.00000364. The first-order valence-electron chi connectivity index (χ1n) is 9.10. The number of likely N-dealkylation sites (tertiary alicyclic amines) is 1. The topological polar surface area (TPSA) is 105 Å². The van der Waals surface area contributed by atoms with E-state index in [1.807, 2.05) is 13.8 Å². The molecular formula is C19H29ClN4O3. The van der Waals surface area contributed by atoms with Crippen molar-refractivity contribution in [2.24, 2.45) is 17.6 Å². The third-order valence-electron chi connectivity index (χ3n) is 4.45. The molecule has 0 aliphatic carbocycles. The first kappa shape index (κ1) is 22.9. The molecule has 0 spiro atoms. The van der Waals surface area contributed by atoms with E-state index in [-0.39, 0.29) is 42.0 Å². The highest BCUT2D eigenvalue weighted by Crippen LogP contribution is 2.20. The van der Waals surface area contributed by atoms with Gasteiger partial charge in [-0.1, -0.05) is 13.8 Å². The van der Waals surface area contributed by atoms with E-state index in [9.17, 15) is 14.4 Å². The first-order valence-corrected chi connectivity index (χ1v) is 9.10. The molecular weight excluding hydrogens is 368 g/mol. The van der Waals surface area contributed by atoms with Crippen molar-refractivity contribution in [1.29, 1.82) is 0 Å². The molecule has 1 aromatic carbocycles. The maximum Gasteiger partial charge on any atom is 0.253 e. The van der Waals surface area contributed by atoms with Gasteiger partial charge in [0.2, 0.25) is 11.8 Å². The summed E-state index contributed by atoms with van der Waals surface area (Å²) < 4.78 is 0. The Labute approximate surface area is 166 Å². The molecule has 0 bridgehead atoms. The zero-order valence-corrected chi connectivity index (χ0v) is 16.7. The Bertz CT molecular complexity index is 649. The van der Waals surface area contributed by atoms with Gasteiger partial charge < -0.3 is 21.3 Å². The van der Waals surface area contributed by atoms with Crippen molar-refractivity contribution in [3.63, 3.8) is 0 Å². The fourth-order valence-electron chi connectivity index (χ4n) is 2.88. The van der Waals surface area contributed by atoms with Crippen molar-refractivity contribution < 1.29 is 14.4 Å². The quantitative estimate of drug-likeness (QED) is 0.679. The van der Waals surface area contributed by atoms with Gasteiger partial charge in [0.05, 0.1) is 5.92 Å². The Hall–Kier alpha value is -2.12. The van der Waals surface area contributed by atoms with Gasteiger partial charge in [-0.3, -0.25) is 14.4 Å². The van der Waals surface area contributed by atoms with Crippen LogP contribution >= 0.6 is 12.4 Å². The molecule has 150 valence electrons. The van der Waals surface area contributed by atoms with Crippen LogP contribution in [0.1, 0.15) is 37.0 Å². The van der Waals surface area contributed by atoms with Crippen LogP contribution < -0.4 is 16.4 Å². The van der Waals surface area contributed by atoms with Crippen LogP contribution in [0.25, 0.3) is 0 Å². The van der Waals surface area contributed by atoms with E-state index in [1.54, 1.807) is 29.2 Å². The largest absolute Gasteiger partial charge is 0.355 e. The number of anilines is 1. The molecule has 0 radical (unpaired) electrons. The number of piperidine rings is 1. The molecule has 1 atom stereocenters. The van der Waals surface area contributed by atoms with Crippen molar-refractivity contribution in [3.05, 3.63) is 29.8 Å². The lowest BCUT2D eigenvalue weighted by Crippen LogP contribution is -2.46. The Morgan fingerprint density at radius 3 is 2.48 bits per heavy atom. The summed E-state index contributed by atoms with van der Waals surface area (Å²) in [4.78, 5) is 38.3. The number of benzene rings is 1. The van der Waals surface area contributed by atoms with Gasteiger partial charge in [-0.2, -0.15) is 0 Å². The number of halogens is 1. The molecule has 1 aliphatic heterocycles. The molecule has 7 nitrogen and oxygen atoms in total. The van der Waals surface area contributed by atoms with Crippen molar-refractivity contribution in [2.75, 3.05) is 31.5 Å². The number of hydrogen-bond acceptors (Lipinski definition) is 4. The minimum absolute atomic E-state index is 0. The summed E-state index contributed by atoms with van der Waals surface area (Å²) in [6.45, 7) is 5.56. The van der Waals surface area contributed by atoms with Gasteiger partial charge in [-0.25, -0.2) is 0 Å². The maximum atomic E-state index is 12.7. The van der Waals surface area contributed by atoms with Crippen LogP contribution in [-0.4, -0.2) is 48.8 Å². The molecule has 2 rings (SSSR count). The molecule has 1 heterocycles. The summed E-state index contributed by atoms with van der Waals surface area (Å²) in [5, 5.41) is 5.60. The third-order valence-corrected chi connectivity index (χ3v) is 4.45. The molecule has 27 heavy (non-hydrogen) atoms. The fraction of sp³-hybridized carbons (Fsp3) is 0.526. The van der Waals surface area contributed by atoms with E-state index in [4.69, 9.17) is 5.73 Å². The minimum Gasteiger partial charge on any atom is -0.355 e. The van der Waals surface area contributed by atoms with E-state index in [1.165, 1.54) is 0 Å². The minimum atomic E-state index is -0.191. The van der Waals surface area contributed by atoms with Gasteiger partial charge in [0.1, 0.15) is 0 Å². The summed E-state index contributed by atoms with van der Waals surface area (Å²) in [6, 6.07) is 6.86. The first-order chi connectivity index (χ1) is 12.4. The molecule has 1 aliphatic rings. The van der Waals surface area contributed by atoms with E-state index >= 15 is 0 Å². The van der Waals surface area contributed by atoms with E-state index in [0.29, 0.717) is 37.4 Å². The normalized spacial score (nSPS) is 16.4. The molecule has 0 saturated carbocycles. The number of rotatable bonds is 6. The van der Waals surface area contributed by atoms with Crippen LogP contribution in [0, 0.1) is 11.8 Å². The summed E-state index contributed by atoms with van der Waals surface area (Å²) >= 11 is 0. The maximum absolute atomic E-state index is 12.7. The fourth-order valence-corrected chi connectivity index (χ4v) is 2.88. The molecule has 0 aromatic heterocycles. The number of carbonyl (C=O) groups excluding carboxylic acids is 3. The summed E-state index contributed by atoms with van der Waals surface area (Å²) in [5.74, 6) is -0.495. The second-order valence-corrected chi connectivity index (χ2v) is 6.89. The lowest BCUT2D eigenvalue weighted by Gasteiger charge is -2.32. The van der Waals surface area contributed by atoms with Crippen molar-refractivity contribution >= 4 is 35.8 Å². The van der Waals surface area contributed by atoms with Crippen LogP contribution in [0.5, 0.6) is 0 Å². The average Bonchev–Trinajstić information content (AvgIpc) is 2.66. The SMILES string of the molecule is CC(C)C(=O)Nc1ccc(C(=O)N2CCCC(C(=O)NCCN)C2)cc1.Cl. The lowest BCUT2D eigenvalue weighted by atomic mass is 9.96. The van der Waals surface area contributed by atoms with Crippen molar-refractivity contribution in [2.45, 2.75) is 26.7 Å². The second-order valence-electron chi connectivity index (χ2n) is 6.89. The summed E-state index contributed by atoms with van der Waals surface area (Å²) in [7, 11) is 0. The monoisotopic (exact) mass is 396 g/mol. The Morgan fingerprint density at radius 1 is 1.22 bits per heavy atom. The highest BCUT2D eigenvalue weighted by atomic mass is 35.5. The number of amides is 3. The number of carbonyl (C=O) groups is 3. The van der Waals surface area contributed by atoms with Crippen molar-refractivity contribution in [1.82, 2.24) is 10.2 Å². The zero-order chi connectivity index (χ0) is 19.1. The molecule has 4 N–H and O–H groups in total. The number of hydrogen-bond donors (Lipinski definition) is 3. The number of nitrogens with zero attached hydrogens (tertiary/aromatic N) is 1. The molecule has 1 saturated heterocycles. The third kappa shape index (κ3) is 6.52. The van der Waals surface area contributed by atoms with Crippen LogP contribution in [0.3, 0.4) is 0 Å². The standard InChI is InChI=1S/C19H28N4O3.ClH/c1-13(2)17(24)22-16-7-5-14(6-8-16)19(26)23-11-3-4-15(12-23)18(25)21-10-9-20;/h5-8,13,15H,3-4,9-12,20H2,1-2H3,(H,21,25)(H,22,24);1H. The smallest absolute Gasteiger partial charge is 0.253 e. The molecule has 1 fully saturated rings. The number of nitrogens with one attached hydrogen (secondary N) is 2. The van der Waals surface area contributed by atoms with Gasteiger partial charge in [-0.15, -0.1) is 12.4 Å². The zero-order valence-electron chi connectivity index (χ0n) is 15.9. The Kier molecular flexibility index (Phi) is 9.25. The van der Waals surface area contributed by atoms with Gasteiger partial charge in [-0.05, 0) is 37.1 Å². The molecule has 8 heteroatoms. The van der Waals surface area contributed by atoms with Gasteiger partial charge in [0, 0.05) is 43.3 Å². The molecule has 3 amide bonds. The van der Waals surface area contributed by atoms with Crippen molar-refractivity contribution in [3.8, 4) is 0 Å². The highest BCUT2D eigenvalue weighted by molar-refractivity contribution is 5.96. The van der Waals surface area contributed by atoms with Crippen LogP contribution in [0.4, 0.5) is 5.69 Å². The summed E-state index contributed by atoms with van der Waals surface area (Å²) in [5.41, 5.74) is 6.63.